The summed E-state index contributed by atoms with van der Waals surface area (Å²) in [7, 11) is 0. The molecule has 4 rings (SSSR count). The van der Waals surface area contributed by atoms with E-state index in [2.05, 4.69) is 4.98 Å². The highest BCUT2D eigenvalue weighted by Crippen LogP contribution is 2.30. The van der Waals surface area contributed by atoms with Crippen molar-refractivity contribution in [3.63, 3.8) is 0 Å². The molecule has 1 atom stereocenters. The second-order valence-electron chi connectivity index (χ2n) is 7.30. The molecular formula is C24H21FN2O4S. The van der Waals surface area contributed by atoms with Crippen LogP contribution in [0.5, 0.6) is 5.75 Å². The minimum Gasteiger partial charge on any atom is -0.491 e. The topological polar surface area (TPSA) is 81.4 Å². The molecule has 1 unspecified atom stereocenters. The average molecular weight is 453 g/mol. The first kappa shape index (κ1) is 21.9. The summed E-state index contributed by atoms with van der Waals surface area (Å²) in [6.07, 6.45) is 0.889. The third-order valence-electron chi connectivity index (χ3n) is 5.06. The predicted molar refractivity (Wildman–Crippen MR) is 122 cm³/mol. The molecule has 0 aliphatic carbocycles. The van der Waals surface area contributed by atoms with Gasteiger partial charge in [0.2, 0.25) is 0 Å². The van der Waals surface area contributed by atoms with Gasteiger partial charge < -0.3 is 9.84 Å². The predicted octanol–water partition coefficient (Wildman–Crippen LogP) is 4.30. The fourth-order valence-corrected chi connectivity index (χ4v) is 4.26. The number of carbonyl (C=O) groups is 1. The molecule has 0 spiro atoms. The largest absolute Gasteiger partial charge is 0.491 e. The fourth-order valence-electron chi connectivity index (χ4n) is 3.35. The number of carbonyl (C=O) groups excluding carboxylic acids is 1. The third-order valence-corrected chi connectivity index (χ3v) is 5.95. The molecule has 0 radical (unpaired) electrons. The Morgan fingerprint density at radius 2 is 1.91 bits per heavy atom. The van der Waals surface area contributed by atoms with Gasteiger partial charge in [-0.2, -0.15) is 0 Å². The lowest BCUT2D eigenvalue weighted by atomic mass is 10.1. The van der Waals surface area contributed by atoms with Crippen LogP contribution in [0, 0.1) is 5.82 Å². The van der Waals surface area contributed by atoms with Gasteiger partial charge in [0.15, 0.2) is 5.78 Å². The van der Waals surface area contributed by atoms with Crippen LogP contribution in [0.15, 0.2) is 65.0 Å². The van der Waals surface area contributed by atoms with Gasteiger partial charge in [0.25, 0.3) is 5.56 Å². The van der Waals surface area contributed by atoms with Crippen molar-refractivity contribution in [2.24, 2.45) is 0 Å². The van der Waals surface area contributed by atoms with Gasteiger partial charge in [-0.05, 0) is 42.0 Å². The molecule has 0 bridgehead atoms. The number of fused-ring (bicyclic) bond motifs is 1. The molecule has 0 saturated heterocycles. The minimum atomic E-state index is -0.947. The second-order valence-corrected chi connectivity index (χ2v) is 8.16. The lowest BCUT2D eigenvalue weighted by Gasteiger charge is -2.14. The number of hydrogen-bond donors (Lipinski definition) is 1. The number of aromatic nitrogens is 2. The number of benzene rings is 2. The Kier molecular flexibility index (Phi) is 6.43. The van der Waals surface area contributed by atoms with Crippen molar-refractivity contribution in [2.75, 3.05) is 6.61 Å². The van der Waals surface area contributed by atoms with Crippen LogP contribution < -0.4 is 10.3 Å². The standard InChI is InChI=1S/C24H21FN2O4S/c1-2-21(29)16-5-9-19(10-6-16)31-12-18(28)11-27-14-26-23-22(24(27)30)20(13-32-23)15-3-7-17(25)8-4-15/h3-10,13-14,18,28H,2,11-12H2,1H3. The molecule has 164 valence electrons. The molecule has 0 saturated carbocycles. The lowest BCUT2D eigenvalue weighted by Crippen LogP contribution is -2.30. The summed E-state index contributed by atoms with van der Waals surface area (Å²) >= 11 is 1.34. The van der Waals surface area contributed by atoms with Gasteiger partial charge in [-0.15, -0.1) is 11.3 Å². The number of aliphatic hydroxyl groups excluding tert-OH is 1. The van der Waals surface area contributed by atoms with Crippen molar-refractivity contribution in [3.05, 3.63) is 82.0 Å². The summed E-state index contributed by atoms with van der Waals surface area (Å²) in [5.74, 6) is 0.222. The van der Waals surface area contributed by atoms with E-state index < -0.39 is 6.10 Å². The number of thiophene rings is 1. The highest BCUT2D eigenvalue weighted by molar-refractivity contribution is 7.17. The molecule has 2 heterocycles. The summed E-state index contributed by atoms with van der Waals surface area (Å²) < 4.78 is 20.2. The zero-order valence-electron chi connectivity index (χ0n) is 17.3. The zero-order chi connectivity index (χ0) is 22.7. The average Bonchev–Trinajstić information content (AvgIpc) is 3.25. The van der Waals surface area contributed by atoms with Crippen molar-refractivity contribution in [1.82, 2.24) is 9.55 Å². The third kappa shape index (κ3) is 4.61. The molecule has 2 aromatic heterocycles. The Hall–Kier alpha value is -3.36. The fraction of sp³-hybridized carbons (Fsp3) is 0.208. The van der Waals surface area contributed by atoms with E-state index >= 15 is 0 Å². The van der Waals surface area contributed by atoms with Crippen LogP contribution in [0.25, 0.3) is 21.3 Å². The number of Topliss-reactive ketones (excluding diaryl/α,β-unsaturated/α-hetero) is 1. The van der Waals surface area contributed by atoms with Crippen molar-refractivity contribution in [3.8, 4) is 16.9 Å². The van der Waals surface area contributed by atoms with Crippen LogP contribution in [-0.2, 0) is 6.54 Å². The number of halogens is 1. The van der Waals surface area contributed by atoms with E-state index in [1.54, 1.807) is 43.3 Å². The molecule has 8 heteroatoms. The molecule has 4 aromatic rings. The first-order valence-electron chi connectivity index (χ1n) is 10.1. The van der Waals surface area contributed by atoms with Crippen LogP contribution in [0.4, 0.5) is 4.39 Å². The smallest absolute Gasteiger partial charge is 0.262 e. The van der Waals surface area contributed by atoms with E-state index in [-0.39, 0.29) is 30.3 Å². The molecule has 0 aliphatic rings. The normalized spacial score (nSPS) is 12.1. The molecule has 0 fully saturated rings. The number of hydrogen-bond acceptors (Lipinski definition) is 6. The van der Waals surface area contributed by atoms with Crippen molar-refractivity contribution >= 4 is 27.3 Å². The van der Waals surface area contributed by atoms with E-state index in [1.807, 2.05) is 5.38 Å². The Morgan fingerprint density at radius 3 is 2.59 bits per heavy atom. The first-order chi connectivity index (χ1) is 15.5. The van der Waals surface area contributed by atoms with E-state index in [4.69, 9.17) is 4.74 Å². The van der Waals surface area contributed by atoms with Gasteiger partial charge in [-0.1, -0.05) is 19.1 Å². The van der Waals surface area contributed by atoms with Crippen LogP contribution in [0.2, 0.25) is 0 Å². The van der Waals surface area contributed by atoms with Crippen molar-refractivity contribution in [2.45, 2.75) is 26.0 Å². The minimum absolute atomic E-state index is 0.00683. The maximum atomic E-state index is 13.3. The van der Waals surface area contributed by atoms with Crippen LogP contribution in [0.1, 0.15) is 23.7 Å². The van der Waals surface area contributed by atoms with Gasteiger partial charge in [-0.3, -0.25) is 14.2 Å². The molecule has 2 aromatic carbocycles. The van der Waals surface area contributed by atoms with Gasteiger partial charge in [0.1, 0.15) is 29.1 Å². The number of rotatable bonds is 8. The van der Waals surface area contributed by atoms with E-state index in [1.165, 1.54) is 34.4 Å². The Bertz CT molecular complexity index is 1300. The van der Waals surface area contributed by atoms with E-state index in [0.717, 1.165) is 5.56 Å². The van der Waals surface area contributed by atoms with Crippen molar-refractivity contribution < 1.29 is 19.0 Å². The maximum absolute atomic E-state index is 13.3. The van der Waals surface area contributed by atoms with Crippen LogP contribution >= 0.6 is 11.3 Å². The highest BCUT2D eigenvalue weighted by atomic mass is 32.1. The molecule has 0 aliphatic heterocycles. The van der Waals surface area contributed by atoms with E-state index in [0.29, 0.717) is 33.5 Å². The van der Waals surface area contributed by atoms with Gasteiger partial charge in [0.05, 0.1) is 18.3 Å². The summed E-state index contributed by atoms with van der Waals surface area (Å²) in [5, 5.41) is 12.7. The molecule has 0 amide bonds. The molecule has 1 N–H and O–H groups in total. The number of ketones is 1. The van der Waals surface area contributed by atoms with Crippen LogP contribution in [-0.4, -0.2) is 33.2 Å². The van der Waals surface area contributed by atoms with Gasteiger partial charge in [0, 0.05) is 22.9 Å². The Labute approximate surface area is 187 Å². The quantitative estimate of drug-likeness (QED) is 0.403. The van der Waals surface area contributed by atoms with Crippen LogP contribution in [0.3, 0.4) is 0 Å². The van der Waals surface area contributed by atoms with E-state index in [9.17, 15) is 19.1 Å². The summed E-state index contributed by atoms with van der Waals surface area (Å²) in [6, 6.07) is 12.7. The number of aliphatic hydroxyl groups is 1. The Balaban J connectivity index is 1.48. The SMILES string of the molecule is CCC(=O)c1ccc(OCC(O)Cn2cnc3scc(-c4ccc(F)cc4)c3c2=O)cc1. The number of ether oxygens (including phenoxy) is 1. The molecular weight excluding hydrogens is 431 g/mol. The monoisotopic (exact) mass is 452 g/mol. The molecule has 32 heavy (non-hydrogen) atoms. The lowest BCUT2D eigenvalue weighted by molar-refractivity contribution is 0.0913. The van der Waals surface area contributed by atoms with Crippen molar-refractivity contribution in [1.29, 1.82) is 0 Å². The second kappa shape index (κ2) is 9.42. The first-order valence-corrected chi connectivity index (χ1v) is 11.0. The van der Waals surface area contributed by atoms with Gasteiger partial charge >= 0.3 is 0 Å². The summed E-state index contributed by atoms with van der Waals surface area (Å²) in [4.78, 5) is 29.7. The highest BCUT2D eigenvalue weighted by Gasteiger charge is 2.15. The molecule has 6 nitrogen and oxygen atoms in total. The van der Waals surface area contributed by atoms with Gasteiger partial charge in [-0.25, -0.2) is 9.37 Å². The number of nitrogens with zero attached hydrogens (tertiary/aromatic N) is 2. The zero-order valence-corrected chi connectivity index (χ0v) is 18.1. The summed E-state index contributed by atoms with van der Waals surface area (Å²) in [6.45, 7) is 1.78. The maximum Gasteiger partial charge on any atom is 0.262 e. The summed E-state index contributed by atoms with van der Waals surface area (Å²) in [5.41, 5.74) is 1.74. The Morgan fingerprint density at radius 1 is 1.19 bits per heavy atom.